The summed E-state index contributed by atoms with van der Waals surface area (Å²) >= 11 is 0. The average molecular weight is 247 g/mol. The highest BCUT2D eigenvalue weighted by Crippen LogP contribution is 2.23. The summed E-state index contributed by atoms with van der Waals surface area (Å²) in [6.45, 7) is 2.21. The van der Waals surface area contributed by atoms with Crippen LogP contribution in [0, 0.1) is 5.92 Å². The van der Waals surface area contributed by atoms with Gasteiger partial charge in [-0.25, -0.2) is 4.98 Å². The Bertz CT molecular complexity index is 419. The zero-order valence-corrected chi connectivity index (χ0v) is 10.9. The van der Waals surface area contributed by atoms with Gasteiger partial charge in [0, 0.05) is 12.2 Å². The van der Waals surface area contributed by atoms with E-state index in [-0.39, 0.29) is 11.9 Å². The first-order valence-corrected chi connectivity index (χ1v) is 6.70. The highest BCUT2D eigenvalue weighted by atomic mass is 16.1. The van der Waals surface area contributed by atoms with Crippen molar-refractivity contribution in [2.75, 3.05) is 5.73 Å². The van der Waals surface area contributed by atoms with Crippen molar-refractivity contribution in [2.45, 2.75) is 45.1 Å². The van der Waals surface area contributed by atoms with E-state index in [2.05, 4.69) is 17.2 Å². The number of hydrogen-bond donors (Lipinski definition) is 2. The fourth-order valence-electron chi connectivity index (χ4n) is 2.56. The first kappa shape index (κ1) is 12.9. The number of carbonyl (C=O) groups is 1. The normalized spacial score (nSPS) is 24.3. The van der Waals surface area contributed by atoms with Crippen molar-refractivity contribution in [1.29, 1.82) is 0 Å². The molecule has 0 spiro atoms. The lowest BCUT2D eigenvalue weighted by molar-refractivity contribution is 0.0922. The molecule has 1 aliphatic carbocycles. The lowest BCUT2D eigenvalue weighted by Crippen LogP contribution is -2.39. The number of anilines is 1. The van der Waals surface area contributed by atoms with Crippen LogP contribution in [-0.2, 0) is 0 Å². The van der Waals surface area contributed by atoms with Crippen LogP contribution in [0.25, 0.3) is 0 Å². The van der Waals surface area contributed by atoms with E-state index < -0.39 is 0 Å². The lowest BCUT2D eigenvalue weighted by atomic mass is 9.96. The maximum atomic E-state index is 12.2. The second-order valence-electron chi connectivity index (χ2n) is 5.13. The molecule has 4 nitrogen and oxygen atoms in total. The Balaban J connectivity index is 2.04. The predicted octanol–water partition coefficient (Wildman–Crippen LogP) is 2.36. The van der Waals surface area contributed by atoms with Crippen molar-refractivity contribution in [3.8, 4) is 0 Å². The summed E-state index contributed by atoms with van der Waals surface area (Å²) in [5, 5.41) is 3.11. The van der Waals surface area contributed by atoms with Gasteiger partial charge in [-0.3, -0.25) is 4.79 Å². The Kier molecular flexibility index (Phi) is 4.18. The van der Waals surface area contributed by atoms with Crippen LogP contribution in [0.15, 0.2) is 18.3 Å². The molecule has 98 valence electrons. The van der Waals surface area contributed by atoms with Crippen molar-refractivity contribution < 1.29 is 4.79 Å². The molecular weight excluding hydrogens is 226 g/mol. The van der Waals surface area contributed by atoms with Gasteiger partial charge in [-0.2, -0.15) is 0 Å². The first-order valence-electron chi connectivity index (χ1n) is 6.70. The van der Waals surface area contributed by atoms with Gasteiger partial charge in [0.25, 0.3) is 5.91 Å². The number of nitrogen functional groups attached to an aromatic ring is 1. The zero-order valence-electron chi connectivity index (χ0n) is 10.9. The Labute approximate surface area is 108 Å². The molecule has 0 aromatic carbocycles. The Morgan fingerprint density at radius 3 is 2.94 bits per heavy atom. The van der Waals surface area contributed by atoms with Crippen LogP contribution in [0.1, 0.15) is 49.4 Å². The van der Waals surface area contributed by atoms with Crippen molar-refractivity contribution in [3.63, 3.8) is 0 Å². The molecule has 4 heteroatoms. The van der Waals surface area contributed by atoms with E-state index in [1.54, 1.807) is 18.3 Å². The average Bonchev–Trinajstić information content (AvgIpc) is 2.55. The predicted molar refractivity (Wildman–Crippen MR) is 72.2 cm³/mol. The third kappa shape index (κ3) is 3.00. The lowest BCUT2D eigenvalue weighted by Gasteiger charge is -2.23. The van der Waals surface area contributed by atoms with Gasteiger partial charge in [-0.05, 0) is 30.9 Å². The Morgan fingerprint density at radius 1 is 1.39 bits per heavy atom. The molecule has 2 rings (SSSR count). The summed E-state index contributed by atoms with van der Waals surface area (Å²) in [4.78, 5) is 16.1. The van der Waals surface area contributed by atoms with Gasteiger partial charge in [0.05, 0.1) is 5.56 Å². The summed E-state index contributed by atoms with van der Waals surface area (Å²) < 4.78 is 0. The van der Waals surface area contributed by atoms with Crippen molar-refractivity contribution in [3.05, 3.63) is 23.9 Å². The van der Waals surface area contributed by atoms with Crippen molar-refractivity contribution in [1.82, 2.24) is 10.3 Å². The number of hydrogen-bond acceptors (Lipinski definition) is 3. The number of nitrogens with two attached hydrogens (primary N) is 1. The molecule has 0 bridgehead atoms. The third-order valence-electron chi connectivity index (χ3n) is 3.76. The monoisotopic (exact) mass is 247 g/mol. The second kappa shape index (κ2) is 5.85. The fraction of sp³-hybridized carbons (Fsp3) is 0.571. The molecule has 1 fully saturated rings. The van der Waals surface area contributed by atoms with Gasteiger partial charge in [-0.1, -0.05) is 26.2 Å². The number of nitrogens with zero attached hydrogens (tertiary/aromatic N) is 1. The SMILES string of the molecule is CC1CCCCCC1NC(=O)c1cccnc1N. The summed E-state index contributed by atoms with van der Waals surface area (Å²) in [5.41, 5.74) is 6.20. The molecule has 18 heavy (non-hydrogen) atoms. The topological polar surface area (TPSA) is 68.0 Å². The second-order valence-corrected chi connectivity index (χ2v) is 5.13. The number of aromatic nitrogens is 1. The molecule has 1 heterocycles. The van der Waals surface area contributed by atoms with E-state index >= 15 is 0 Å². The Morgan fingerprint density at radius 2 is 2.17 bits per heavy atom. The van der Waals surface area contributed by atoms with Crippen molar-refractivity contribution >= 4 is 11.7 Å². The molecule has 1 aromatic rings. The molecule has 0 saturated heterocycles. The molecule has 2 atom stereocenters. The van der Waals surface area contributed by atoms with Crippen LogP contribution in [0.5, 0.6) is 0 Å². The summed E-state index contributed by atoms with van der Waals surface area (Å²) in [6, 6.07) is 3.72. The van der Waals surface area contributed by atoms with Crippen LogP contribution in [-0.4, -0.2) is 16.9 Å². The summed E-state index contributed by atoms with van der Waals surface area (Å²) in [7, 11) is 0. The smallest absolute Gasteiger partial charge is 0.255 e. The molecule has 0 aliphatic heterocycles. The minimum absolute atomic E-state index is 0.0978. The molecule has 0 radical (unpaired) electrons. The van der Waals surface area contributed by atoms with E-state index in [0.29, 0.717) is 17.3 Å². The van der Waals surface area contributed by atoms with Gasteiger partial charge in [0.1, 0.15) is 5.82 Å². The molecule has 1 aromatic heterocycles. The van der Waals surface area contributed by atoms with E-state index in [1.807, 2.05) is 0 Å². The standard InChI is InChI=1S/C14H21N3O/c1-10-6-3-2-4-8-12(10)17-14(18)11-7-5-9-16-13(11)15/h5,7,9-10,12H,2-4,6,8H2,1H3,(H2,15,16)(H,17,18). The maximum Gasteiger partial charge on any atom is 0.255 e. The van der Waals surface area contributed by atoms with Crippen LogP contribution in [0.3, 0.4) is 0 Å². The number of amides is 1. The van der Waals surface area contributed by atoms with Crippen LogP contribution in [0.2, 0.25) is 0 Å². The van der Waals surface area contributed by atoms with Gasteiger partial charge in [-0.15, -0.1) is 0 Å². The molecule has 1 amide bonds. The maximum absolute atomic E-state index is 12.2. The van der Waals surface area contributed by atoms with E-state index in [4.69, 9.17) is 5.73 Å². The van der Waals surface area contributed by atoms with Gasteiger partial charge in [0.15, 0.2) is 0 Å². The third-order valence-corrected chi connectivity index (χ3v) is 3.76. The molecule has 2 unspecified atom stereocenters. The molecular formula is C14H21N3O. The van der Waals surface area contributed by atoms with Crippen LogP contribution in [0.4, 0.5) is 5.82 Å². The Hall–Kier alpha value is -1.58. The molecule has 3 N–H and O–H groups in total. The fourth-order valence-corrected chi connectivity index (χ4v) is 2.56. The molecule has 1 saturated carbocycles. The van der Waals surface area contributed by atoms with E-state index in [9.17, 15) is 4.79 Å². The van der Waals surface area contributed by atoms with Gasteiger partial charge < -0.3 is 11.1 Å². The summed E-state index contributed by atoms with van der Waals surface area (Å²) in [5.74, 6) is 0.741. The highest BCUT2D eigenvalue weighted by molar-refractivity contribution is 5.98. The summed E-state index contributed by atoms with van der Waals surface area (Å²) in [6.07, 6.45) is 7.58. The quantitative estimate of drug-likeness (QED) is 0.788. The highest BCUT2D eigenvalue weighted by Gasteiger charge is 2.22. The largest absolute Gasteiger partial charge is 0.383 e. The minimum atomic E-state index is -0.0978. The number of rotatable bonds is 2. The van der Waals surface area contributed by atoms with Crippen molar-refractivity contribution in [2.24, 2.45) is 5.92 Å². The van der Waals surface area contributed by atoms with Crippen LogP contribution >= 0.6 is 0 Å². The van der Waals surface area contributed by atoms with E-state index in [0.717, 1.165) is 6.42 Å². The minimum Gasteiger partial charge on any atom is -0.383 e. The molecule has 1 aliphatic rings. The number of carbonyl (C=O) groups excluding carboxylic acids is 1. The van der Waals surface area contributed by atoms with E-state index in [1.165, 1.54) is 25.7 Å². The first-order chi connectivity index (χ1) is 8.68. The number of pyridine rings is 1. The number of nitrogens with one attached hydrogen (secondary N) is 1. The van der Waals surface area contributed by atoms with Crippen LogP contribution < -0.4 is 11.1 Å². The van der Waals surface area contributed by atoms with Gasteiger partial charge in [0.2, 0.25) is 0 Å². The van der Waals surface area contributed by atoms with Gasteiger partial charge >= 0.3 is 0 Å². The zero-order chi connectivity index (χ0) is 13.0.